The van der Waals surface area contributed by atoms with Crippen LogP contribution in [0.1, 0.15) is 53.1 Å². The number of alkyl halides is 3. The van der Waals surface area contributed by atoms with E-state index in [0.717, 1.165) is 47.8 Å². The van der Waals surface area contributed by atoms with Crippen molar-refractivity contribution in [3.05, 3.63) is 57.6 Å². The Morgan fingerprint density at radius 3 is 2.87 bits per heavy atom. The summed E-state index contributed by atoms with van der Waals surface area (Å²) < 4.78 is 44.2. The first-order valence-corrected chi connectivity index (χ1v) is 13.5. The standard InChI is InChI=1S/C26H31F3N4O4S/c1-36-15-23-30-13-22(38-23)25(35)8-5-19(6-9-25)33-10-7-18(14-33)31-24(34)21-12-20(32-37-21)16-3-2-4-17(11-16)26(27,28)29/h2-4,11-13,18-19,21,32,35H,5-10,14-15H2,1H3,(H,31,34). The van der Waals surface area contributed by atoms with Gasteiger partial charge in [0.1, 0.15) is 10.6 Å². The monoisotopic (exact) mass is 552 g/mol. The largest absolute Gasteiger partial charge is 0.416 e. The van der Waals surface area contributed by atoms with Gasteiger partial charge in [-0.1, -0.05) is 12.1 Å². The zero-order chi connectivity index (χ0) is 26.9. The third-order valence-electron chi connectivity index (χ3n) is 7.52. The molecule has 5 rings (SSSR count). The molecule has 0 spiro atoms. The zero-order valence-corrected chi connectivity index (χ0v) is 21.8. The lowest BCUT2D eigenvalue weighted by Gasteiger charge is -2.39. The number of halogens is 3. The SMILES string of the molecule is COCc1ncc(C2(O)CCC(N3CCC(NC(=O)C4C=C(c5cccc(C(F)(F)F)c5)NO4)C3)CC2)s1. The lowest BCUT2D eigenvalue weighted by atomic mass is 9.81. The predicted octanol–water partition coefficient (Wildman–Crippen LogP) is 3.57. The number of aliphatic hydroxyl groups is 1. The summed E-state index contributed by atoms with van der Waals surface area (Å²) in [7, 11) is 1.62. The first kappa shape index (κ1) is 27.1. The number of thiazole rings is 1. The first-order chi connectivity index (χ1) is 18.1. The maximum absolute atomic E-state index is 13.0. The number of methoxy groups -OCH3 is 1. The molecule has 1 saturated heterocycles. The number of hydroxylamine groups is 1. The molecule has 2 aromatic rings. The van der Waals surface area contributed by atoms with E-state index in [1.165, 1.54) is 29.5 Å². The molecule has 2 aliphatic heterocycles. The molecule has 3 N–H and O–H groups in total. The van der Waals surface area contributed by atoms with Gasteiger partial charge in [0.05, 0.1) is 22.7 Å². The van der Waals surface area contributed by atoms with Gasteiger partial charge in [0, 0.05) is 44.0 Å². The average molecular weight is 553 g/mol. The molecule has 0 bridgehead atoms. The normalized spacial score (nSPS) is 28.2. The molecule has 3 aliphatic rings. The van der Waals surface area contributed by atoms with Gasteiger partial charge in [-0.25, -0.2) is 4.98 Å². The van der Waals surface area contributed by atoms with E-state index in [1.54, 1.807) is 13.3 Å². The third kappa shape index (κ3) is 5.89. The molecule has 1 aromatic carbocycles. The van der Waals surface area contributed by atoms with Crippen LogP contribution in [0.25, 0.3) is 5.70 Å². The van der Waals surface area contributed by atoms with Crippen LogP contribution in [0, 0.1) is 0 Å². The Morgan fingerprint density at radius 2 is 2.13 bits per heavy atom. The molecule has 1 aliphatic carbocycles. The number of carbonyl (C=O) groups excluding carboxylic acids is 1. The Kier molecular flexibility index (Phi) is 7.79. The van der Waals surface area contributed by atoms with Gasteiger partial charge in [0.2, 0.25) is 0 Å². The van der Waals surface area contributed by atoms with Crippen LogP contribution in [0.2, 0.25) is 0 Å². The van der Waals surface area contributed by atoms with E-state index in [-0.39, 0.29) is 11.9 Å². The summed E-state index contributed by atoms with van der Waals surface area (Å²) >= 11 is 1.50. The molecule has 12 heteroatoms. The molecule has 38 heavy (non-hydrogen) atoms. The molecule has 206 valence electrons. The number of nitrogens with one attached hydrogen (secondary N) is 2. The topological polar surface area (TPSA) is 96.0 Å². The molecule has 2 fully saturated rings. The number of aromatic nitrogens is 1. The maximum atomic E-state index is 13.0. The highest BCUT2D eigenvalue weighted by Crippen LogP contribution is 2.41. The number of ether oxygens (including phenoxy) is 1. The summed E-state index contributed by atoms with van der Waals surface area (Å²) in [6, 6.07) is 5.17. The van der Waals surface area contributed by atoms with E-state index in [1.807, 2.05) is 0 Å². The molecule has 8 nitrogen and oxygen atoms in total. The van der Waals surface area contributed by atoms with Crippen LogP contribution < -0.4 is 10.8 Å². The van der Waals surface area contributed by atoms with Crippen LogP contribution in [0.15, 0.2) is 36.5 Å². The lowest BCUT2D eigenvalue weighted by Crippen LogP contribution is -2.45. The Balaban J connectivity index is 1.12. The lowest BCUT2D eigenvalue weighted by molar-refractivity contribution is -0.137. The Labute approximate surface area is 222 Å². The van der Waals surface area contributed by atoms with Crippen LogP contribution in [0.4, 0.5) is 13.2 Å². The second kappa shape index (κ2) is 10.9. The Morgan fingerprint density at radius 1 is 1.34 bits per heavy atom. The summed E-state index contributed by atoms with van der Waals surface area (Å²) in [4.78, 5) is 25.8. The number of rotatable bonds is 7. The average Bonchev–Trinajstić information content (AvgIpc) is 3.66. The highest BCUT2D eigenvalue weighted by molar-refractivity contribution is 7.11. The van der Waals surface area contributed by atoms with E-state index in [2.05, 4.69) is 20.7 Å². The highest BCUT2D eigenvalue weighted by Gasteiger charge is 2.40. The number of amides is 1. The van der Waals surface area contributed by atoms with Crippen molar-refractivity contribution < 1.29 is 32.6 Å². The van der Waals surface area contributed by atoms with Crippen molar-refractivity contribution >= 4 is 22.9 Å². The van der Waals surface area contributed by atoms with E-state index >= 15 is 0 Å². The maximum Gasteiger partial charge on any atom is 0.416 e. The molecule has 1 saturated carbocycles. The van der Waals surface area contributed by atoms with Crippen molar-refractivity contribution in [2.24, 2.45) is 0 Å². The summed E-state index contributed by atoms with van der Waals surface area (Å²) in [5.74, 6) is -0.332. The molecule has 1 amide bonds. The van der Waals surface area contributed by atoms with Crippen molar-refractivity contribution in [3.8, 4) is 0 Å². The fourth-order valence-corrected chi connectivity index (χ4v) is 6.46. The van der Waals surface area contributed by atoms with Crippen molar-refractivity contribution in [2.45, 2.75) is 68.7 Å². The van der Waals surface area contributed by atoms with E-state index in [0.29, 0.717) is 43.3 Å². The summed E-state index contributed by atoms with van der Waals surface area (Å²) in [6.45, 7) is 1.99. The Hall–Kier alpha value is -2.51. The Bertz CT molecular complexity index is 1180. The number of hydrogen-bond acceptors (Lipinski definition) is 8. The summed E-state index contributed by atoms with van der Waals surface area (Å²) in [5, 5.41) is 15.1. The van der Waals surface area contributed by atoms with Gasteiger partial charge in [0.15, 0.2) is 6.10 Å². The van der Waals surface area contributed by atoms with Crippen molar-refractivity contribution in [2.75, 3.05) is 20.2 Å². The molecule has 2 atom stereocenters. The predicted molar refractivity (Wildman–Crippen MR) is 135 cm³/mol. The third-order valence-corrected chi connectivity index (χ3v) is 8.68. The van der Waals surface area contributed by atoms with Gasteiger partial charge < -0.3 is 15.2 Å². The van der Waals surface area contributed by atoms with Gasteiger partial charge in [-0.05, 0) is 50.3 Å². The smallest absolute Gasteiger partial charge is 0.384 e. The minimum Gasteiger partial charge on any atom is -0.384 e. The molecule has 3 heterocycles. The molecule has 0 radical (unpaired) electrons. The molecular formula is C26H31F3N4O4S. The summed E-state index contributed by atoms with van der Waals surface area (Å²) in [6.07, 6.45) is 1.69. The fourth-order valence-electron chi connectivity index (χ4n) is 5.42. The van der Waals surface area contributed by atoms with Crippen LogP contribution in [0.5, 0.6) is 0 Å². The quantitative estimate of drug-likeness (QED) is 0.484. The van der Waals surface area contributed by atoms with Crippen molar-refractivity contribution in [3.63, 3.8) is 0 Å². The first-order valence-electron chi connectivity index (χ1n) is 12.7. The number of carbonyl (C=O) groups is 1. The van der Waals surface area contributed by atoms with Crippen LogP contribution >= 0.6 is 11.3 Å². The van der Waals surface area contributed by atoms with Gasteiger partial charge >= 0.3 is 6.18 Å². The number of nitrogens with zero attached hydrogens (tertiary/aromatic N) is 2. The van der Waals surface area contributed by atoms with Crippen LogP contribution in [-0.4, -0.2) is 59.3 Å². The van der Waals surface area contributed by atoms with Crippen LogP contribution in [0.3, 0.4) is 0 Å². The van der Waals surface area contributed by atoms with Crippen molar-refractivity contribution in [1.29, 1.82) is 0 Å². The minimum absolute atomic E-state index is 0.0454. The van der Waals surface area contributed by atoms with E-state index in [4.69, 9.17) is 9.57 Å². The zero-order valence-electron chi connectivity index (χ0n) is 21.0. The van der Waals surface area contributed by atoms with Crippen molar-refractivity contribution in [1.82, 2.24) is 20.7 Å². The number of likely N-dealkylation sites (tertiary alicyclic amines) is 1. The van der Waals surface area contributed by atoms with Gasteiger partial charge in [-0.2, -0.15) is 13.2 Å². The summed E-state index contributed by atoms with van der Waals surface area (Å²) in [5.41, 5.74) is 1.59. The van der Waals surface area contributed by atoms with E-state index in [9.17, 15) is 23.1 Å². The minimum atomic E-state index is -4.45. The fraction of sp³-hybridized carbons (Fsp3) is 0.538. The van der Waals surface area contributed by atoms with Gasteiger partial charge in [-0.15, -0.1) is 11.3 Å². The second-order valence-electron chi connectivity index (χ2n) is 10.1. The molecule has 2 unspecified atom stereocenters. The van der Waals surface area contributed by atoms with Gasteiger partial charge in [0.25, 0.3) is 5.91 Å². The van der Waals surface area contributed by atoms with Crippen LogP contribution in [-0.2, 0) is 32.8 Å². The van der Waals surface area contributed by atoms with E-state index < -0.39 is 23.4 Å². The highest BCUT2D eigenvalue weighted by atomic mass is 32.1. The molecular weight excluding hydrogens is 521 g/mol. The molecule has 1 aromatic heterocycles. The number of benzene rings is 1. The van der Waals surface area contributed by atoms with Gasteiger partial charge in [-0.3, -0.25) is 20.0 Å². The number of hydrogen-bond donors (Lipinski definition) is 3. The second-order valence-corrected chi connectivity index (χ2v) is 11.2.